The third-order valence-electron chi connectivity index (χ3n) is 2.57. The van der Waals surface area contributed by atoms with Gasteiger partial charge in [0.05, 0.1) is 5.71 Å². The lowest BCUT2D eigenvalue weighted by molar-refractivity contribution is -0.145. The third kappa shape index (κ3) is 3.48. The molecule has 0 spiro atoms. The van der Waals surface area contributed by atoms with Crippen molar-refractivity contribution in [2.75, 3.05) is 0 Å². The number of carboxylic acids is 1. The molecule has 1 aromatic rings. The van der Waals surface area contributed by atoms with E-state index in [4.69, 9.17) is 15.1 Å². The zero-order valence-corrected chi connectivity index (χ0v) is 10.5. The standard InChI is InChI=1S/C13H17NO4/c1-3-11(14-17)9-5-7-10(8-6-9)18-12(4-2)13(15)16/h5-8,12,17H,3-4H2,1-2H3,(H,15,16)/b14-11+. The predicted molar refractivity (Wildman–Crippen MR) is 67.4 cm³/mol. The molecule has 0 saturated heterocycles. The fourth-order valence-electron chi connectivity index (χ4n) is 1.53. The molecule has 0 heterocycles. The van der Waals surface area contributed by atoms with Crippen LogP contribution in [0.15, 0.2) is 29.4 Å². The summed E-state index contributed by atoms with van der Waals surface area (Å²) in [4.78, 5) is 10.8. The zero-order chi connectivity index (χ0) is 13.5. The van der Waals surface area contributed by atoms with E-state index in [0.717, 1.165) is 5.56 Å². The Morgan fingerprint density at radius 2 is 1.94 bits per heavy atom. The van der Waals surface area contributed by atoms with Crippen molar-refractivity contribution in [1.82, 2.24) is 0 Å². The maximum Gasteiger partial charge on any atom is 0.344 e. The van der Waals surface area contributed by atoms with Gasteiger partial charge in [0.25, 0.3) is 0 Å². The van der Waals surface area contributed by atoms with Crippen LogP contribution < -0.4 is 4.74 Å². The largest absolute Gasteiger partial charge is 0.479 e. The molecule has 0 aliphatic carbocycles. The van der Waals surface area contributed by atoms with Gasteiger partial charge in [-0.1, -0.05) is 19.0 Å². The second kappa shape index (κ2) is 6.64. The molecule has 0 bridgehead atoms. The van der Waals surface area contributed by atoms with Crippen molar-refractivity contribution in [2.45, 2.75) is 32.8 Å². The molecule has 0 saturated carbocycles. The van der Waals surface area contributed by atoms with E-state index in [-0.39, 0.29) is 0 Å². The average Bonchev–Trinajstić information content (AvgIpc) is 2.38. The first-order chi connectivity index (χ1) is 8.62. The van der Waals surface area contributed by atoms with Crippen LogP contribution in [0.5, 0.6) is 5.75 Å². The van der Waals surface area contributed by atoms with Crippen molar-refractivity contribution in [3.05, 3.63) is 29.8 Å². The molecule has 0 amide bonds. The van der Waals surface area contributed by atoms with Crippen LogP contribution in [0.3, 0.4) is 0 Å². The minimum Gasteiger partial charge on any atom is -0.479 e. The number of carbonyl (C=O) groups is 1. The molecule has 1 atom stereocenters. The summed E-state index contributed by atoms with van der Waals surface area (Å²) in [5, 5.41) is 20.9. The fraction of sp³-hybridized carbons (Fsp3) is 0.385. The van der Waals surface area contributed by atoms with Crippen LogP contribution >= 0.6 is 0 Å². The van der Waals surface area contributed by atoms with Crippen LogP contribution in [0.1, 0.15) is 32.3 Å². The number of ether oxygens (including phenoxy) is 1. The number of aliphatic carboxylic acids is 1. The molecule has 1 aromatic carbocycles. The molecular weight excluding hydrogens is 234 g/mol. The SMILES string of the molecule is CC/C(=N\O)c1ccc(OC(CC)C(=O)O)cc1. The first kappa shape index (κ1) is 14.0. The number of oxime groups is 1. The monoisotopic (exact) mass is 251 g/mol. The van der Waals surface area contributed by atoms with Crippen molar-refractivity contribution in [3.8, 4) is 5.75 Å². The second-order valence-corrected chi connectivity index (χ2v) is 3.78. The van der Waals surface area contributed by atoms with Crippen molar-refractivity contribution < 1.29 is 19.8 Å². The van der Waals surface area contributed by atoms with E-state index in [0.29, 0.717) is 24.3 Å². The Hall–Kier alpha value is -2.04. The summed E-state index contributed by atoms with van der Waals surface area (Å²) < 4.78 is 5.33. The van der Waals surface area contributed by atoms with Crippen molar-refractivity contribution >= 4 is 11.7 Å². The molecule has 2 N–H and O–H groups in total. The molecular formula is C13H17NO4. The van der Waals surface area contributed by atoms with Gasteiger partial charge in [-0.25, -0.2) is 4.79 Å². The first-order valence-electron chi connectivity index (χ1n) is 5.83. The van der Waals surface area contributed by atoms with E-state index in [2.05, 4.69) is 5.16 Å². The summed E-state index contributed by atoms with van der Waals surface area (Å²) in [6, 6.07) is 6.81. The molecule has 0 fully saturated rings. The number of carboxylic acid groups (broad SMARTS) is 1. The highest BCUT2D eigenvalue weighted by molar-refractivity contribution is 6.00. The van der Waals surface area contributed by atoms with Gasteiger partial charge in [-0.05, 0) is 42.7 Å². The Labute approximate surface area is 106 Å². The topological polar surface area (TPSA) is 79.1 Å². The van der Waals surface area contributed by atoms with E-state index in [9.17, 15) is 4.79 Å². The number of hydrogen-bond donors (Lipinski definition) is 2. The van der Waals surface area contributed by atoms with Gasteiger partial charge in [-0.3, -0.25) is 0 Å². The van der Waals surface area contributed by atoms with Crippen molar-refractivity contribution in [2.24, 2.45) is 5.16 Å². The Morgan fingerprint density at radius 1 is 1.33 bits per heavy atom. The summed E-state index contributed by atoms with van der Waals surface area (Å²) in [5.41, 5.74) is 1.36. The highest BCUT2D eigenvalue weighted by Crippen LogP contribution is 2.16. The minimum absolute atomic E-state index is 0.398. The summed E-state index contributed by atoms with van der Waals surface area (Å²) >= 11 is 0. The van der Waals surface area contributed by atoms with E-state index in [1.165, 1.54) is 0 Å². The molecule has 0 aromatic heterocycles. The maximum absolute atomic E-state index is 10.8. The summed E-state index contributed by atoms with van der Waals surface area (Å²) in [5.74, 6) is -0.492. The normalized spacial score (nSPS) is 13.1. The van der Waals surface area contributed by atoms with E-state index in [1.807, 2.05) is 6.92 Å². The molecule has 1 rings (SSSR count). The van der Waals surface area contributed by atoms with Gasteiger partial charge in [0.1, 0.15) is 5.75 Å². The molecule has 0 aliphatic rings. The van der Waals surface area contributed by atoms with Crippen LogP contribution in [0, 0.1) is 0 Å². The van der Waals surface area contributed by atoms with Gasteiger partial charge in [0.2, 0.25) is 0 Å². The summed E-state index contributed by atoms with van der Waals surface area (Å²) in [6.07, 6.45) is 0.173. The van der Waals surface area contributed by atoms with Crippen LogP contribution in [-0.2, 0) is 4.79 Å². The van der Waals surface area contributed by atoms with Crippen LogP contribution in [0.2, 0.25) is 0 Å². The number of benzene rings is 1. The lowest BCUT2D eigenvalue weighted by Gasteiger charge is -2.13. The molecule has 5 heteroatoms. The van der Waals surface area contributed by atoms with Gasteiger partial charge in [-0.15, -0.1) is 0 Å². The smallest absolute Gasteiger partial charge is 0.344 e. The van der Waals surface area contributed by atoms with Crippen LogP contribution in [0.25, 0.3) is 0 Å². The van der Waals surface area contributed by atoms with Gasteiger partial charge in [0, 0.05) is 0 Å². The van der Waals surface area contributed by atoms with E-state index < -0.39 is 12.1 Å². The number of hydrogen-bond acceptors (Lipinski definition) is 4. The minimum atomic E-state index is -0.979. The number of nitrogens with zero attached hydrogens (tertiary/aromatic N) is 1. The number of rotatable bonds is 6. The van der Waals surface area contributed by atoms with Gasteiger partial charge in [0.15, 0.2) is 6.10 Å². The molecule has 5 nitrogen and oxygen atoms in total. The second-order valence-electron chi connectivity index (χ2n) is 3.78. The molecule has 0 radical (unpaired) electrons. The Bertz CT molecular complexity index is 425. The van der Waals surface area contributed by atoms with Crippen molar-refractivity contribution in [1.29, 1.82) is 0 Å². The predicted octanol–water partition coefficient (Wildman–Crippen LogP) is 2.52. The molecule has 1 unspecified atom stereocenters. The molecule has 98 valence electrons. The van der Waals surface area contributed by atoms with Crippen LogP contribution in [-0.4, -0.2) is 28.1 Å². The van der Waals surface area contributed by atoms with Crippen LogP contribution in [0.4, 0.5) is 0 Å². The van der Waals surface area contributed by atoms with Crippen molar-refractivity contribution in [3.63, 3.8) is 0 Å². The first-order valence-corrected chi connectivity index (χ1v) is 5.83. The maximum atomic E-state index is 10.8. The molecule has 0 aliphatic heterocycles. The van der Waals surface area contributed by atoms with Gasteiger partial charge >= 0.3 is 5.97 Å². The van der Waals surface area contributed by atoms with Gasteiger partial charge < -0.3 is 15.1 Å². The fourth-order valence-corrected chi connectivity index (χ4v) is 1.53. The average molecular weight is 251 g/mol. The quantitative estimate of drug-likeness (QED) is 0.462. The van der Waals surface area contributed by atoms with E-state index in [1.54, 1.807) is 31.2 Å². The lowest BCUT2D eigenvalue weighted by atomic mass is 10.1. The summed E-state index contributed by atoms with van der Waals surface area (Å²) in [7, 11) is 0. The summed E-state index contributed by atoms with van der Waals surface area (Å²) in [6.45, 7) is 3.64. The Kier molecular flexibility index (Phi) is 5.17. The zero-order valence-electron chi connectivity index (χ0n) is 10.5. The Morgan fingerprint density at radius 3 is 2.33 bits per heavy atom. The van der Waals surface area contributed by atoms with E-state index >= 15 is 0 Å². The lowest BCUT2D eigenvalue weighted by Crippen LogP contribution is -2.25. The Balaban J connectivity index is 2.80. The highest BCUT2D eigenvalue weighted by Gasteiger charge is 2.16. The third-order valence-corrected chi connectivity index (χ3v) is 2.57. The highest BCUT2D eigenvalue weighted by atomic mass is 16.5. The van der Waals surface area contributed by atoms with Gasteiger partial charge in [-0.2, -0.15) is 0 Å². The molecule has 18 heavy (non-hydrogen) atoms.